The van der Waals surface area contributed by atoms with Crippen molar-refractivity contribution >= 4 is 10.1 Å². The minimum Gasteiger partial charge on any atom is -0.388 e. The summed E-state index contributed by atoms with van der Waals surface area (Å²) >= 11 is 0. The van der Waals surface area contributed by atoms with Crippen LogP contribution in [0.1, 0.15) is 12.5 Å². The highest BCUT2D eigenvalue weighted by atomic mass is 32.2. The number of aryl methyl sites for hydroxylation is 1. The van der Waals surface area contributed by atoms with Crippen LogP contribution in [0.15, 0.2) is 29.2 Å². The Bertz CT molecular complexity index is 598. The lowest BCUT2D eigenvalue weighted by atomic mass is 9.96. The SMILES string of the molecule is Cc1ccc(S(=O)(=O)OC[C@H]2O[C@@H](C)[C@@H](O)[C@@H](O)[C@@H]2O)cc1. The molecule has 0 bridgehead atoms. The smallest absolute Gasteiger partial charge is 0.297 e. The van der Waals surface area contributed by atoms with Gasteiger partial charge in [-0.15, -0.1) is 0 Å². The lowest BCUT2D eigenvalue weighted by Crippen LogP contribution is -2.57. The van der Waals surface area contributed by atoms with E-state index in [9.17, 15) is 23.7 Å². The fourth-order valence-electron chi connectivity index (χ4n) is 2.20. The maximum Gasteiger partial charge on any atom is 0.297 e. The summed E-state index contributed by atoms with van der Waals surface area (Å²) in [5, 5.41) is 29.1. The molecule has 1 aromatic rings. The summed E-state index contributed by atoms with van der Waals surface area (Å²) in [5.74, 6) is 0. The van der Waals surface area contributed by atoms with Gasteiger partial charge in [0.15, 0.2) is 0 Å². The molecule has 5 atom stereocenters. The van der Waals surface area contributed by atoms with Gasteiger partial charge < -0.3 is 20.1 Å². The van der Waals surface area contributed by atoms with E-state index in [1.807, 2.05) is 6.92 Å². The van der Waals surface area contributed by atoms with Crippen molar-refractivity contribution in [3.05, 3.63) is 29.8 Å². The van der Waals surface area contributed by atoms with Gasteiger partial charge in [-0.05, 0) is 26.0 Å². The molecular weight excluding hydrogens is 312 g/mol. The van der Waals surface area contributed by atoms with Crippen LogP contribution in [-0.4, -0.2) is 60.9 Å². The molecule has 0 aromatic heterocycles. The van der Waals surface area contributed by atoms with Crippen LogP contribution in [0.25, 0.3) is 0 Å². The zero-order valence-electron chi connectivity index (χ0n) is 12.3. The largest absolute Gasteiger partial charge is 0.388 e. The number of hydrogen-bond acceptors (Lipinski definition) is 7. The van der Waals surface area contributed by atoms with Gasteiger partial charge in [0.25, 0.3) is 10.1 Å². The summed E-state index contributed by atoms with van der Waals surface area (Å²) in [6.45, 7) is 2.89. The van der Waals surface area contributed by atoms with Gasteiger partial charge in [0.2, 0.25) is 0 Å². The van der Waals surface area contributed by atoms with Crippen molar-refractivity contribution in [3.63, 3.8) is 0 Å². The van der Waals surface area contributed by atoms with E-state index in [0.717, 1.165) is 5.56 Å². The molecular formula is C14H20O7S. The van der Waals surface area contributed by atoms with E-state index in [4.69, 9.17) is 8.92 Å². The third-order valence-corrected chi connectivity index (χ3v) is 4.94. The third kappa shape index (κ3) is 3.65. The number of aliphatic hydroxyl groups is 3. The molecule has 0 spiro atoms. The first-order valence-electron chi connectivity index (χ1n) is 6.88. The predicted octanol–water partition coefficient (Wildman–Crippen LogP) is -0.430. The predicted molar refractivity (Wildman–Crippen MR) is 76.7 cm³/mol. The normalized spacial score (nSPS) is 32.9. The Morgan fingerprint density at radius 3 is 2.27 bits per heavy atom. The van der Waals surface area contributed by atoms with Crippen LogP contribution < -0.4 is 0 Å². The number of rotatable bonds is 4. The molecule has 2 rings (SSSR count). The molecule has 8 heteroatoms. The van der Waals surface area contributed by atoms with Crippen molar-refractivity contribution < 1.29 is 32.7 Å². The summed E-state index contributed by atoms with van der Waals surface area (Å²) < 4.78 is 34.3. The molecule has 0 radical (unpaired) electrons. The molecule has 7 nitrogen and oxygen atoms in total. The van der Waals surface area contributed by atoms with Gasteiger partial charge in [-0.25, -0.2) is 0 Å². The lowest BCUT2D eigenvalue weighted by Gasteiger charge is -2.39. The van der Waals surface area contributed by atoms with E-state index in [0.29, 0.717) is 0 Å². The second-order valence-electron chi connectivity index (χ2n) is 5.40. The topological polar surface area (TPSA) is 113 Å². The first-order chi connectivity index (χ1) is 10.2. The number of hydrogen-bond donors (Lipinski definition) is 3. The minimum atomic E-state index is -3.98. The van der Waals surface area contributed by atoms with Crippen LogP contribution >= 0.6 is 0 Å². The quantitative estimate of drug-likeness (QED) is 0.641. The van der Waals surface area contributed by atoms with Gasteiger partial charge >= 0.3 is 0 Å². The number of benzene rings is 1. The van der Waals surface area contributed by atoms with E-state index < -0.39 is 47.2 Å². The third-order valence-electron chi connectivity index (χ3n) is 3.65. The summed E-state index contributed by atoms with van der Waals surface area (Å²) in [4.78, 5) is -0.00275. The van der Waals surface area contributed by atoms with Gasteiger partial charge in [-0.1, -0.05) is 17.7 Å². The van der Waals surface area contributed by atoms with Crippen LogP contribution in [-0.2, 0) is 19.0 Å². The Morgan fingerprint density at radius 2 is 1.68 bits per heavy atom. The Morgan fingerprint density at radius 1 is 1.09 bits per heavy atom. The fourth-order valence-corrected chi connectivity index (χ4v) is 3.12. The number of aliphatic hydroxyl groups excluding tert-OH is 3. The second-order valence-corrected chi connectivity index (χ2v) is 7.02. The van der Waals surface area contributed by atoms with Crippen LogP contribution in [0.5, 0.6) is 0 Å². The minimum absolute atomic E-state index is 0.00275. The van der Waals surface area contributed by atoms with E-state index in [2.05, 4.69) is 0 Å². The molecule has 124 valence electrons. The maximum atomic E-state index is 12.0. The maximum absolute atomic E-state index is 12.0. The van der Waals surface area contributed by atoms with Crippen LogP contribution in [0.2, 0.25) is 0 Å². The Balaban J connectivity index is 2.04. The second kappa shape index (κ2) is 6.61. The molecule has 22 heavy (non-hydrogen) atoms. The zero-order valence-corrected chi connectivity index (χ0v) is 13.1. The fraction of sp³-hybridized carbons (Fsp3) is 0.571. The highest BCUT2D eigenvalue weighted by Crippen LogP contribution is 2.22. The average molecular weight is 332 g/mol. The van der Waals surface area contributed by atoms with Crippen molar-refractivity contribution in [2.45, 2.75) is 49.3 Å². The Kier molecular flexibility index (Phi) is 5.21. The highest BCUT2D eigenvalue weighted by Gasteiger charge is 2.42. The molecule has 0 unspecified atom stereocenters. The molecule has 1 aliphatic rings. The number of ether oxygens (including phenoxy) is 1. The van der Waals surface area contributed by atoms with Crippen LogP contribution in [0.4, 0.5) is 0 Å². The molecule has 1 saturated heterocycles. The molecule has 0 aliphatic carbocycles. The highest BCUT2D eigenvalue weighted by molar-refractivity contribution is 7.86. The van der Waals surface area contributed by atoms with Crippen LogP contribution in [0.3, 0.4) is 0 Å². The van der Waals surface area contributed by atoms with E-state index in [1.54, 1.807) is 12.1 Å². The van der Waals surface area contributed by atoms with Gasteiger partial charge in [0, 0.05) is 0 Å². The Hall–Kier alpha value is -1.03. The van der Waals surface area contributed by atoms with E-state index in [-0.39, 0.29) is 4.90 Å². The Labute approximate surface area is 129 Å². The van der Waals surface area contributed by atoms with Crippen molar-refractivity contribution in [1.29, 1.82) is 0 Å². The van der Waals surface area contributed by atoms with Crippen molar-refractivity contribution in [2.24, 2.45) is 0 Å². The molecule has 1 fully saturated rings. The monoisotopic (exact) mass is 332 g/mol. The van der Waals surface area contributed by atoms with E-state index >= 15 is 0 Å². The molecule has 1 heterocycles. The molecule has 1 aliphatic heterocycles. The molecule has 0 amide bonds. The van der Waals surface area contributed by atoms with Crippen molar-refractivity contribution in [2.75, 3.05) is 6.61 Å². The summed E-state index contributed by atoms with van der Waals surface area (Å²) in [7, 11) is -3.98. The summed E-state index contributed by atoms with van der Waals surface area (Å²) in [6.07, 6.45) is -5.87. The standard InChI is InChI=1S/C14H20O7S/c1-8-3-5-10(6-4-8)22(18,19)20-7-11-13(16)14(17)12(15)9(2)21-11/h3-6,9,11-17H,7H2,1-2H3/t9-,11+,12+,13+,14+/m0/s1. The summed E-state index contributed by atoms with van der Waals surface area (Å²) in [5.41, 5.74) is 0.913. The van der Waals surface area contributed by atoms with Gasteiger partial charge in [-0.3, -0.25) is 4.18 Å². The summed E-state index contributed by atoms with van der Waals surface area (Å²) in [6, 6.07) is 6.13. The van der Waals surface area contributed by atoms with Crippen molar-refractivity contribution in [3.8, 4) is 0 Å². The van der Waals surface area contributed by atoms with Crippen LogP contribution in [0, 0.1) is 6.92 Å². The van der Waals surface area contributed by atoms with Gasteiger partial charge in [0.05, 0.1) is 17.6 Å². The first kappa shape index (κ1) is 17.3. The zero-order chi connectivity index (χ0) is 16.5. The van der Waals surface area contributed by atoms with Gasteiger partial charge in [0.1, 0.15) is 24.4 Å². The van der Waals surface area contributed by atoms with Crippen molar-refractivity contribution in [1.82, 2.24) is 0 Å². The molecule has 1 aromatic carbocycles. The molecule has 0 saturated carbocycles. The lowest BCUT2D eigenvalue weighted by molar-refractivity contribution is -0.222. The first-order valence-corrected chi connectivity index (χ1v) is 8.29. The van der Waals surface area contributed by atoms with Gasteiger partial charge in [-0.2, -0.15) is 8.42 Å². The average Bonchev–Trinajstić information content (AvgIpc) is 2.48. The van der Waals surface area contributed by atoms with E-state index in [1.165, 1.54) is 19.1 Å². The molecule has 3 N–H and O–H groups in total.